The highest BCUT2D eigenvalue weighted by Crippen LogP contribution is 2.40. The van der Waals surface area contributed by atoms with Crippen molar-refractivity contribution in [2.45, 2.75) is 49.7 Å². The van der Waals surface area contributed by atoms with Crippen molar-refractivity contribution in [1.82, 2.24) is 4.98 Å². The lowest BCUT2D eigenvalue weighted by Crippen LogP contribution is -2.03. The average molecular weight is 478 g/mol. The molecule has 0 bridgehead atoms. The first-order chi connectivity index (χ1) is 16.4. The van der Waals surface area contributed by atoms with E-state index in [-0.39, 0.29) is 23.9 Å². The highest BCUT2D eigenvalue weighted by Gasteiger charge is 2.16. The van der Waals surface area contributed by atoms with Gasteiger partial charge in [0, 0.05) is 46.4 Å². The zero-order chi connectivity index (χ0) is 24.5. The van der Waals surface area contributed by atoms with Crippen LogP contribution in [0.2, 0.25) is 0 Å². The summed E-state index contributed by atoms with van der Waals surface area (Å²) < 4.78 is 5.13. The first-order valence-corrected chi connectivity index (χ1v) is 12.4. The fourth-order valence-corrected chi connectivity index (χ4v) is 5.07. The molecule has 1 aromatic heterocycles. The first-order valence-electron chi connectivity index (χ1n) is 11.5. The number of hydrogen-bond donors (Lipinski definition) is 1. The number of thioether (sulfide) groups is 1. The van der Waals surface area contributed by atoms with E-state index in [9.17, 15) is 9.59 Å². The molecular formula is C28H31NO4S. The van der Waals surface area contributed by atoms with Gasteiger partial charge in [0.2, 0.25) is 5.88 Å². The fourth-order valence-electron chi connectivity index (χ4n) is 3.67. The minimum Gasteiger partial charge on any atom is -0.481 e. The van der Waals surface area contributed by atoms with Crippen LogP contribution in [0.4, 0.5) is 0 Å². The van der Waals surface area contributed by atoms with E-state index in [1.165, 1.54) is 10.5 Å². The number of ketones is 1. The number of carboxylic acid groups (broad SMARTS) is 1. The average Bonchev–Trinajstić information content (AvgIpc) is 2.84. The second-order valence-electron chi connectivity index (χ2n) is 8.64. The molecule has 0 aliphatic rings. The van der Waals surface area contributed by atoms with Crippen molar-refractivity contribution in [2.24, 2.45) is 5.92 Å². The Morgan fingerprint density at radius 3 is 2.18 bits per heavy atom. The second-order valence-corrected chi connectivity index (χ2v) is 9.92. The van der Waals surface area contributed by atoms with Crippen molar-refractivity contribution in [1.29, 1.82) is 0 Å². The number of ether oxygens (including phenoxy) is 1. The van der Waals surface area contributed by atoms with Gasteiger partial charge in [-0.05, 0) is 48.1 Å². The molecular weight excluding hydrogens is 446 g/mol. The molecule has 0 aliphatic heterocycles. The lowest BCUT2D eigenvalue weighted by atomic mass is 9.99. The summed E-state index contributed by atoms with van der Waals surface area (Å²) in [6, 6.07) is 20.1. The van der Waals surface area contributed by atoms with Gasteiger partial charge in [0.1, 0.15) is 0 Å². The number of benzene rings is 2. The summed E-state index contributed by atoms with van der Waals surface area (Å²) in [7, 11) is 1.61. The Bertz CT molecular complexity index is 1080. The molecule has 178 valence electrons. The Balaban J connectivity index is 1.69. The highest BCUT2D eigenvalue weighted by atomic mass is 32.2. The molecule has 1 heterocycles. The van der Waals surface area contributed by atoms with Crippen molar-refractivity contribution < 1.29 is 19.4 Å². The molecule has 0 saturated heterocycles. The van der Waals surface area contributed by atoms with Crippen molar-refractivity contribution in [3.63, 3.8) is 0 Å². The van der Waals surface area contributed by atoms with E-state index >= 15 is 0 Å². The standard InChI is InChI=1S/C28H31NO4S/c1-19(2)17-26(22-9-7-21(8-10-22)25(30)5-4-6-28(31)32)34-24-14-11-20(12-15-24)23-13-16-27(33-3)29-18-23/h7-16,18-19,26H,4-6,17H2,1-3H3,(H,31,32). The quantitative estimate of drug-likeness (QED) is 0.222. The van der Waals surface area contributed by atoms with Crippen LogP contribution in [0.15, 0.2) is 71.8 Å². The Morgan fingerprint density at radius 2 is 1.62 bits per heavy atom. The zero-order valence-corrected chi connectivity index (χ0v) is 20.7. The van der Waals surface area contributed by atoms with Gasteiger partial charge < -0.3 is 9.84 Å². The molecule has 1 unspecified atom stereocenters. The first kappa shape index (κ1) is 25.5. The Kier molecular flexibility index (Phi) is 9.28. The Morgan fingerprint density at radius 1 is 0.941 bits per heavy atom. The zero-order valence-electron chi connectivity index (χ0n) is 19.9. The van der Waals surface area contributed by atoms with Crippen molar-refractivity contribution in [3.05, 3.63) is 78.0 Å². The van der Waals surface area contributed by atoms with Gasteiger partial charge in [0.15, 0.2) is 5.78 Å². The molecule has 0 radical (unpaired) electrons. The molecule has 5 nitrogen and oxygen atoms in total. The number of hydrogen-bond acceptors (Lipinski definition) is 5. The fraction of sp³-hybridized carbons (Fsp3) is 0.321. The van der Waals surface area contributed by atoms with E-state index in [2.05, 4.69) is 43.1 Å². The van der Waals surface area contributed by atoms with Gasteiger partial charge in [-0.3, -0.25) is 9.59 Å². The van der Waals surface area contributed by atoms with E-state index in [0.29, 0.717) is 23.8 Å². The summed E-state index contributed by atoms with van der Waals surface area (Å²) in [5.74, 6) is 0.245. The third-order valence-corrected chi connectivity index (χ3v) is 6.79. The van der Waals surface area contributed by atoms with Crippen LogP contribution in [0.25, 0.3) is 11.1 Å². The van der Waals surface area contributed by atoms with Gasteiger partial charge in [0.25, 0.3) is 0 Å². The van der Waals surface area contributed by atoms with Gasteiger partial charge >= 0.3 is 5.97 Å². The summed E-state index contributed by atoms with van der Waals surface area (Å²) in [4.78, 5) is 28.5. The molecule has 0 spiro atoms. The van der Waals surface area contributed by atoms with Gasteiger partial charge in [-0.25, -0.2) is 4.98 Å². The van der Waals surface area contributed by atoms with Crippen LogP contribution < -0.4 is 4.74 Å². The van der Waals surface area contributed by atoms with Crippen LogP contribution in [-0.4, -0.2) is 29.0 Å². The van der Waals surface area contributed by atoms with E-state index in [4.69, 9.17) is 9.84 Å². The largest absolute Gasteiger partial charge is 0.481 e. The normalized spacial score (nSPS) is 11.9. The molecule has 1 atom stereocenters. The minimum atomic E-state index is -0.870. The van der Waals surface area contributed by atoms with Crippen LogP contribution >= 0.6 is 11.8 Å². The van der Waals surface area contributed by atoms with E-state index in [1.54, 1.807) is 7.11 Å². The predicted octanol–water partition coefficient (Wildman–Crippen LogP) is 7.07. The number of Topliss-reactive ketones (excluding diaryl/α,β-unsaturated/α-hetero) is 1. The second kappa shape index (κ2) is 12.4. The maximum atomic E-state index is 12.4. The van der Waals surface area contributed by atoms with Crippen molar-refractivity contribution in [3.8, 4) is 17.0 Å². The summed E-state index contributed by atoms with van der Waals surface area (Å²) in [6.45, 7) is 4.43. The maximum Gasteiger partial charge on any atom is 0.303 e. The molecule has 0 fully saturated rings. The van der Waals surface area contributed by atoms with Crippen LogP contribution in [0.3, 0.4) is 0 Å². The molecule has 3 aromatic rings. The topological polar surface area (TPSA) is 76.5 Å². The van der Waals surface area contributed by atoms with Crippen LogP contribution in [-0.2, 0) is 4.79 Å². The van der Waals surface area contributed by atoms with Gasteiger partial charge in [-0.1, -0.05) is 50.2 Å². The van der Waals surface area contributed by atoms with Gasteiger partial charge in [-0.2, -0.15) is 0 Å². The molecule has 0 aliphatic carbocycles. The van der Waals surface area contributed by atoms with Crippen LogP contribution in [0.5, 0.6) is 5.88 Å². The Hall–Kier alpha value is -3.12. The number of carbonyl (C=O) groups excluding carboxylic acids is 1. The van der Waals surface area contributed by atoms with Crippen molar-refractivity contribution in [2.75, 3.05) is 7.11 Å². The number of nitrogens with zero attached hydrogens (tertiary/aromatic N) is 1. The molecule has 0 amide bonds. The van der Waals surface area contributed by atoms with E-state index in [1.807, 2.05) is 54.4 Å². The SMILES string of the molecule is COc1ccc(-c2ccc(SC(CC(C)C)c3ccc(C(=O)CCCC(=O)O)cc3)cc2)cn1. The van der Waals surface area contributed by atoms with Gasteiger partial charge in [0.05, 0.1) is 7.11 Å². The number of aliphatic carboxylic acids is 1. The maximum absolute atomic E-state index is 12.4. The summed E-state index contributed by atoms with van der Waals surface area (Å²) in [5.41, 5.74) is 3.97. The molecule has 34 heavy (non-hydrogen) atoms. The number of rotatable bonds is 12. The molecule has 3 rings (SSSR count). The number of methoxy groups -OCH3 is 1. The van der Waals surface area contributed by atoms with Gasteiger partial charge in [-0.15, -0.1) is 11.8 Å². The van der Waals surface area contributed by atoms with E-state index in [0.717, 1.165) is 17.5 Å². The number of carbonyl (C=O) groups is 2. The molecule has 1 N–H and O–H groups in total. The summed E-state index contributed by atoms with van der Waals surface area (Å²) in [6.07, 6.45) is 3.47. The third kappa shape index (κ3) is 7.45. The lowest BCUT2D eigenvalue weighted by Gasteiger charge is -2.20. The predicted molar refractivity (Wildman–Crippen MR) is 137 cm³/mol. The number of pyridine rings is 1. The molecule has 2 aromatic carbocycles. The monoisotopic (exact) mass is 477 g/mol. The number of aromatic nitrogens is 1. The Labute approximate surface area is 205 Å². The smallest absolute Gasteiger partial charge is 0.303 e. The summed E-state index contributed by atoms with van der Waals surface area (Å²) >= 11 is 1.83. The van der Waals surface area contributed by atoms with E-state index < -0.39 is 5.97 Å². The highest BCUT2D eigenvalue weighted by molar-refractivity contribution is 7.99. The molecule has 0 saturated carbocycles. The third-order valence-electron chi connectivity index (χ3n) is 5.50. The summed E-state index contributed by atoms with van der Waals surface area (Å²) in [5, 5.41) is 9.03. The van der Waals surface area contributed by atoms with Crippen LogP contribution in [0, 0.1) is 5.92 Å². The number of carboxylic acids is 1. The minimum absolute atomic E-state index is 0.00975. The lowest BCUT2D eigenvalue weighted by molar-refractivity contribution is -0.137. The molecule has 6 heteroatoms. The van der Waals surface area contributed by atoms with Crippen LogP contribution in [0.1, 0.15) is 60.7 Å². The van der Waals surface area contributed by atoms with Crippen molar-refractivity contribution >= 4 is 23.5 Å².